The highest BCUT2D eigenvalue weighted by atomic mass is 16.3. The molecule has 5 nitrogen and oxygen atoms in total. The van der Waals surface area contributed by atoms with E-state index in [2.05, 4.69) is 10.3 Å². The van der Waals surface area contributed by atoms with Gasteiger partial charge in [-0.2, -0.15) is 0 Å². The standard InChI is InChI=1S/C16H24N4O/c1-11-7-15(18-9-16(2,21)10-20(3)4)13-8-12(17)5-6-14(13)19-11/h5-8,21H,9-10,17H2,1-4H3,(H,18,19). The molecule has 0 aliphatic heterocycles. The van der Waals surface area contributed by atoms with Crippen molar-refractivity contribution < 1.29 is 5.11 Å². The number of rotatable bonds is 5. The second kappa shape index (κ2) is 5.87. The van der Waals surface area contributed by atoms with Crippen molar-refractivity contribution in [2.45, 2.75) is 19.4 Å². The zero-order valence-electron chi connectivity index (χ0n) is 13.1. The fourth-order valence-corrected chi connectivity index (χ4v) is 2.54. The van der Waals surface area contributed by atoms with Crippen LogP contribution >= 0.6 is 0 Å². The predicted octanol–water partition coefficient (Wildman–Crippen LogP) is 1.85. The molecule has 0 saturated carbocycles. The SMILES string of the molecule is Cc1cc(NCC(C)(O)CN(C)C)c2cc(N)ccc2n1. The Morgan fingerprint density at radius 2 is 2.05 bits per heavy atom. The van der Waals surface area contributed by atoms with Gasteiger partial charge in [0, 0.05) is 35.5 Å². The van der Waals surface area contributed by atoms with E-state index in [1.54, 1.807) is 0 Å². The second-order valence-electron chi connectivity index (χ2n) is 6.18. The quantitative estimate of drug-likeness (QED) is 0.732. The third-order valence-corrected chi connectivity index (χ3v) is 3.28. The van der Waals surface area contributed by atoms with Gasteiger partial charge in [0.05, 0.1) is 11.1 Å². The number of aryl methyl sites for hydroxylation is 1. The second-order valence-corrected chi connectivity index (χ2v) is 6.18. The van der Waals surface area contributed by atoms with Gasteiger partial charge >= 0.3 is 0 Å². The van der Waals surface area contributed by atoms with E-state index in [0.717, 1.165) is 22.3 Å². The molecule has 0 radical (unpaired) electrons. The Morgan fingerprint density at radius 3 is 2.71 bits per heavy atom. The number of likely N-dealkylation sites (N-methyl/N-ethyl adjacent to an activating group) is 1. The maximum atomic E-state index is 10.4. The summed E-state index contributed by atoms with van der Waals surface area (Å²) in [6, 6.07) is 7.65. The number of aromatic nitrogens is 1. The summed E-state index contributed by atoms with van der Waals surface area (Å²) in [6.45, 7) is 4.83. The van der Waals surface area contributed by atoms with Gasteiger partial charge in [0.15, 0.2) is 0 Å². The number of hydrogen-bond donors (Lipinski definition) is 3. The highest BCUT2D eigenvalue weighted by Gasteiger charge is 2.21. The number of nitrogens with one attached hydrogen (secondary N) is 1. The summed E-state index contributed by atoms with van der Waals surface area (Å²) in [5.74, 6) is 0. The molecule has 0 bridgehead atoms. The van der Waals surface area contributed by atoms with E-state index >= 15 is 0 Å². The summed E-state index contributed by atoms with van der Waals surface area (Å²) in [7, 11) is 3.89. The zero-order valence-corrected chi connectivity index (χ0v) is 13.1. The normalized spacial score (nSPS) is 14.4. The molecule has 5 heteroatoms. The third kappa shape index (κ3) is 4.06. The van der Waals surface area contributed by atoms with E-state index in [4.69, 9.17) is 5.73 Å². The van der Waals surface area contributed by atoms with Gasteiger partial charge in [0.1, 0.15) is 0 Å². The average Bonchev–Trinajstić information content (AvgIpc) is 2.35. The number of hydrogen-bond acceptors (Lipinski definition) is 5. The van der Waals surface area contributed by atoms with Gasteiger partial charge in [-0.3, -0.25) is 4.98 Å². The number of aliphatic hydroxyl groups is 1. The molecule has 21 heavy (non-hydrogen) atoms. The van der Waals surface area contributed by atoms with Crippen LogP contribution in [0.25, 0.3) is 10.9 Å². The van der Waals surface area contributed by atoms with E-state index in [1.807, 2.05) is 57.1 Å². The fraction of sp³-hybridized carbons (Fsp3) is 0.438. The molecule has 0 fully saturated rings. The van der Waals surface area contributed by atoms with Gasteiger partial charge in [-0.1, -0.05) is 0 Å². The van der Waals surface area contributed by atoms with Crippen molar-refractivity contribution in [3.8, 4) is 0 Å². The van der Waals surface area contributed by atoms with Gasteiger partial charge in [-0.25, -0.2) is 0 Å². The monoisotopic (exact) mass is 288 g/mol. The summed E-state index contributed by atoms with van der Waals surface area (Å²) in [5.41, 5.74) is 8.54. The van der Waals surface area contributed by atoms with Crippen molar-refractivity contribution in [2.75, 3.05) is 38.2 Å². The van der Waals surface area contributed by atoms with Gasteiger partial charge in [0.2, 0.25) is 0 Å². The first kappa shape index (κ1) is 15.5. The Bertz CT molecular complexity index is 637. The summed E-state index contributed by atoms with van der Waals surface area (Å²) < 4.78 is 0. The van der Waals surface area contributed by atoms with Crippen molar-refractivity contribution in [1.82, 2.24) is 9.88 Å². The molecular formula is C16H24N4O. The van der Waals surface area contributed by atoms with Gasteiger partial charge < -0.3 is 21.1 Å². The maximum absolute atomic E-state index is 10.4. The molecule has 0 aliphatic carbocycles. The van der Waals surface area contributed by atoms with Gasteiger partial charge in [-0.05, 0) is 52.2 Å². The molecule has 0 spiro atoms. The number of nitrogens with zero attached hydrogens (tertiary/aromatic N) is 2. The van der Waals surface area contributed by atoms with Crippen molar-refractivity contribution in [1.29, 1.82) is 0 Å². The first-order valence-corrected chi connectivity index (χ1v) is 7.05. The van der Waals surface area contributed by atoms with Crippen LogP contribution < -0.4 is 11.1 Å². The lowest BCUT2D eigenvalue weighted by molar-refractivity contribution is 0.0460. The lowest BCUT2D eigenvalue weighted by atomic mass is 10.1. The molecule has 1 atom stereocenters. The van der Waals surface area contributed by atoms with E-state index in [1.165, 1.54) is 0 Å². The molecule has 114 valence electrons. The summed E-state index contributed by atoms with van der Waals surface area (Å²) in [6.07, 6.45) is 0. The summed E-state index contributed by atoms with van der Waals surface area (Å²) in [4.78, 5) is 6.47. The van der Waals surface area contributed by atoms with Crippen molar-refractivity contribution in [3.63, 3.8) is 0 Å². The molecule has 1 unspecified atom stereocenters. The number of pyridine rings is 1. The Labute approximate surface area is 125 Å². The molecule has 1 aromatic carbocycles. The molecule has 2 rings (SSSR count). The Kier molecular flexibility index (Phi) is 4.34. The maximum Gasteiger partial charge on any atom is 0.0917 e. The smallest absolute Gasteiger partial charge is 0.0917 e. The van der Waals surface area contributed by atoms with Crippen LogP contribution in [0.5, 0.6) is 0 Å². The molecule has 1 aromatic heterocycles. The molecule has 0 saturated heterocycles. The van der Waals surface area contributed by atoms with Gasteiger partial charge in [-0.15, -0.1) is 0 Å². The highest BCUT2D eigenvalue weighted by molar-refractivity contribution is 5.93. The predicted molar refractivity (Wildman–Crippen MR) is 88.6 cm³/mol. The molecule has 4 N–H and O–H groups in total. The average molecular weight is 288 g/mol. The molecule has 0 aliphatic rings. The number of anilines is 2. The lowest BCUT2D eigenvalue weighted by Crippen LogP contribution is -2.43. The first-order valence-electron chi connectivity index (χ1n) is 7.05. The van der Waals surface area contributed by atoms with Crippen LogP contribution in [0.15, 0.2) is 24.3 Å². The van der Waals surface area contributed by atoms with Crippen LogP contribution in [-0.4, -0.2) is 47.8 Å². The van der Waals surface area contributed by atoms with Crippen LogP contribution in [0.3, 0.4) is 0 Å². The van der Waals surface area contributed by atoms with Crippen molar-refractivity contribution in [3.05, 3.63) is 30.0 Å². The highest BCUT2D eigenvalue weighted by Crippen LogP contribution is 2.25. The Morgan fingerprint density at radius 1 is 1.33 bits per heavy atom. The van der Waals surface area contributed by atoms with E-state index < -0.39 is 5.60 Å². The van der Waals surface area contributed by atoms with Crippen LogP contribution in [0, 0.1) is 6.92 Å². The third-order valence-electron chi connectivity index (χ3n) is 3.28. The molecule has 1 heterocycles. The number of fused-ring (bicyclic) bond motifs is 1. The minimum Gasteiger partial charge on any atom is -0.399 e. The van der Waals surface area contributed by atoms with Crippen LogP contribution in [0.2, 0.25) is 0 Å². The largest absolute Gasteiger partial charge is 0.399 e. The summed E-state index contributed by atoms with van der Waals surface area (Å²) >= 11 is 0. The lowest BCUT2D eigenvalue weighted by Gasteiger charge is -2.27. The first-order chi connectivity index (χ1) is 9.77. The summed E-state index contributed by atoms with van der Waals surface area (Å²) in [5, 5.41) is 14.7. The van der Waals surface area contributed by atoms with E-state index in [9.17, 15) is 5.11 Å². The Hall–Kier alpha value is -1.85. The number of nitrogens with two attached hydrogens (primary N) is 1. The Balaban J connectivity index is 2.27. The molecular weight excluding hydrogens is 264 g/mol. The number of nitrogen functional groups attached to an aromatic ring is 1. The van der Waals surface area contributed by atoms with Gasteiger partial charge in [0.25, 0.3) is 0 Å². The minimum absolute atomic E-state index is 0.457. The van der Waals surface area contributed by atoms with Crippen LogP contribution in [0.1, 0.15) is 12.6 Å². The van der Waals surface area contributed by atoms with Crippen molar-refractivity contribution >= 4 is 22.3 Å². The number of benzene rings is 1. The topological polar surface area (TPSA) is 74.4 Å². The molecule has 2 aromatic rings. The van der Waals surface area contributed by atoms with Crippen LogP contribution in [0.4, 0.5) is 11.4 Å². The van der Waals surface area contributed by atoms with Crippen molar-refractivity contribution in [2.24, 2.45) is 0 Å². The van der Waals surface area contributed by atoms with E-state index in [0.29, 0.717) is 18.8 Å². The fourth-order valence-electron chi connectivity index (χ4n) is 2.54. The van der Waals surface area contributed by atoms with E-state index in [-0.39, 0.29) is 0 Å². The van der Waals surface area contributed by atoms with Crippen LogP contribution in [-0.2, 0) is 0 Å². The zero-order chi connectivity index (χ0) is 15.6. The minimum atomic E-state index is -0.812. The molecule has 0 amide bonds.